The minimum absolute atomic E-state index is 0.428. The predicted molar refractivity (Wildman–Crippen MR) is 76.0 cm³/mol. The molecular formula is C15H11Cl2N. The molecule has 0 fully saturated rings. The van der Waals surface area contributed by atoms with E-state index in [9.17, 15) is 0 Å². The van der Waals surface area contributed by atoms with Gasteiger partial charge in [-0.2, -0.15) is 5.26 Å². The Kier molecular flexibility index (Phi) is 3.91. The van der Waals surface area contributed by atoms with Crippen LogP contribution >= 0.6 is 23.2 Å². The van der Waals surface area contributed by atoms with Crippen molar-refractivity contribution < 1.29 is 0 Å². The molecule has 0 heterocycles. The Hall–Kier alpha value is -1.49. The first-order valence-electron chi connectivity index (χ1n) is 5.53. The van der Waals surface area contributed by atoms with E-state index in [-0.39, 0.29) is 0 Å². The van der Waals surface area contributed by atoms with Crippen molar-refractivity contribution in [3.8, 4) is 17.2 Å². The zero-order valence-electron chi connectivity index (χ0n) is 9.87. The molecule has 0 atom stereocenters. The molecule has 3 heteroatoms. The number of halogens is 2. The number of aryl methyl sites for hydroxylation is 1. The average Bonchev–Trinajstić information content (AvgIpc) is 2.28. The lowest BCUT2D eigenvalue weighted by Gasteiger charge is -2.08. The molecule has 0 aromatic heterocycles. The van der Waals surface area contributed by atoms with Gasteiger partial charge in [0.05, 0.1) is 12.5 Å². The van der Waals surface area contributed by atoms with E-state index in [4.69, 9.17) is 28.5 Å². The lowest BCUT2D eigenvalue weighted by molar-refractivity contribution is 1.25. The Morgan fingerprint density at radius 1 is 1.06 bits per heavy atom. The fourth-order valence-corrected chi connectivity index (χ4v) is 2.49. The van der Waals surface area contributed by atoms with Crippen molar-refractivity contribution in [3.05, 3.63) is 57.6 Å². The number of nitrogens with zero attached hydrogens (tertiary/aromatic N) is 1. The smallest absolute Gasteiger partial charge is 0.0669 e. The molecule has 2 aromatic carbocycles. The second-order valence-corrected chi connectivity index (χ2v) is 5.02. The van der Waals surface area contributed by atoms with Crippen LogP contribution in [0.25, 0.3) is 11.1 Å². The molecule has 0 saturated heterocycles. The number of hydrogen-bond acceptors (Lipinski definition) is 1. The van der Waals surface area contributed by atoms with Gasteiger partial charge in [-0.3, -0.25) is 0 Å². The summed E-state index contributed by atoms with van der Waals surface area (Å²) in [4.78, 5) is 0. The highest BCUT2D eigenvalue weighted by molar-refractivity contribution is 6.35. The molecule has 2 rings (SSSR count). The highest BCUT2D eigenvalue weighted by Crippen LogP contribution is 2.29. The van der Waals surface area contributed by atoms with Crippen molar-refractivity contribution in [1.29, 1.82) is 5.26 Å². The summed E-state index contributed by atoms with van der Waals surface area (Å²) in [6.07, 6.45) is 0.428. The van der Waals surface area contributed by atoms with Gasteiger partial charge >= 0.3 is 0 Å². The van der Waals surface area contributed by atoms with Crippen LogP contribution in [-0.2, 0) is 6.42 Å². The minimum atomic E-state index is 0.428. The van der Waals surface area contributed by atoms with Gasteiger partial charge in [-0.25, -0.2) is 0 Å². The Bertz CT molecular complexity index is 607. The van der Waals surface area contributed by atoms with Crippen LogP contribution in [-0.4, -0.2) is 0 Å². The van der Waals surface area contributed by atoms with Gasteiger partial charge in [-0.1, -0.05) is 41.4 Å². The molecule has 0 saturated carbocycles. The molecular weight excluding hydrogens is 265 g/mol. The van der Waals surface area contributed by atoms with Crippen molar-refractivity contribution in [1.82, 2.24) is 0 Å². The van der Waals surface area contributed by atoms with E-state index in [1.54, 1.807) is 6.07 Å². The van der Waals surface area contributed by atoms with Crippen molar-refractivity contribution >= 4 is 23.2 Å². The molecule has 0 bridgehead atoms. The third-order valence-electron chi connectivity index (χ3n) is 2.75. The van der Waals surface area contributed by atoms with Crippen molar-refractivity contribution in [2.45, 2.75) is 13.3 Å². The molecule has 0 amide bonds. The Labute approximate surface area is 117 Å². The number of rotatable bonds is 2. The number of hydrogen-bond donors (Lipinski definition) is 0. The monoisotopic (exact) mass is 275 g/mol. The Balaban J connectivity index is 2.48. The van der Waals surface area contributed by atoms with Crippen molar-refractivity contribution in [2.24, 2.45) is 0 Å². The first-order chi connectivity index (χ1) is 8.60. The van der Waals surface area contributed by atoms with Gasteiger partial charge in [0.2, 0.25) is 0 Å². The van der Waals surface area contributed by atoms with Crippen molar-refractivity contribution in [3.63, 3.8) is 0 Å². The fourth-order valence-electron chi connectivity index (χ4n) is 1.96. The largest absolute Gasteiger partial charge is 0.198 e. The van der Waals surface area contributed by atoms with Gasteiger partial charge < -0.3 is 0 Å². The van der Waals surface area contributed by atoms with Crippen LogP contribution in [0.1, 0.15) is 11.1 Å². The van der Waals surface area contributed by atoms with E-state index >= 15 is 0 Å². The quantitative estimate of drug-likeness (QED) is 0.754. The lowest BCUT2D eigenvalue weighted by atomic mass is 9.98. The topological polar surface area (TPSA) is 23.8 Å². The molecule has 0 spiro atoms. The van der Waals surface area contributed by atoms with Gasteiger partial charge in [-0.15, -0.1) is 0 Å². The standard InChI is InChI=1S/C15H11Cl2N/c1-10-6-11(4-5-18)2-3-15(10)12-7-13(16)9-14(17)8-12/h2-3,6-9H,4H2,1H3. The van der Waals surface area contributed by atoms with E-state index in [1.165, 1.54) is 0 Å². The zero-order valence-corrected chi connectivity index (χ0v) is 11.4. The van der Waals surface area contributed by atoms with Gasteiger partial charge in [0, 0.05) is 10.0 Å². The summed E-state index contributed by atoms with van der Waals surface area (Å²) < 4.78 is 0. The maximum Gasteiger partial charge on any atom is 0.0669 e. The lowest BCUT2D eigenvalue weighted by Crippen LogP contribution is -1.88. The molecule has 0 aliphatic heterocycles. The first-order valence-corrected chi connectivity index (χ1v) is 6.28. The first kappa shape index (κ1) is 13.0. The predicted octanol–water partition coefficient (Wildman–Crippen LogP) is 5.03. The normalized spacial score (nSPS) is 10.1. The van der Waals surface area contributed by atoms with E-state index in [0.717, 1.165) is 22.3 Å². The summed E-state index contributed by atoms with van der Waals surface area (Å²) in [6.45, 7) is 2.02. The third-order valence-corrected chi connectivity index (χ3v) is 3.18. The van der Waals surface area contributed by atoms with Gasteiger partial charge in [-0.05, 0) is 47.4 Å². The highest BCUT2D eigenvalue weighted by Gasteiger charge is 2.05. The van der Waals surface area contributed by atoms with Crippen LogP contribution in [0.2, 0.25) is 10.0 Å². The molecule has 0 unspecified atom stereocenters. The van der Waals surface area contributed by atoms with Crippen LogP contribution < -0.4 is 0 Å². The summed E-state index contributed by atoms with van der Waals surface area (Å²) >= 11 is 12.0. The second-order valence-electron chi connectivity index (χ2n) is 4.14. The van der Waals surface area contributed by atoms with Crippen LogP contribution in [0.4, 0.5) is 0 Å². The molecule has 0 aliphatic rings. The fraction of sp³-hybridized carbons (Fsp3) is 0.133. The summed E-state index contributed by atoms with van der Waals surface area (Å²) in [5.41, 5.74) is 4.21. The van der Waals surface area contributed by atoms with Crippen LogP contribution in [0, 0.1) is 18.3 Å². The van der Waals surface area contributed by atoms with E-state index in [2.05, 4.69) is 6.07 Å². The molecule has 18 heavy (non-hydrogen) atoms. The minimum Gasteiger partial charge on any atom is -0.198 e. The third kappa shape index (κ3) is 2.85. The summed E-state index contributed by atoms with van der Waals surface area (Å²) in [5.74, 6) is 0. The van der Waals surface area contributed by atoms with E-state index in [1.807, 2.05) is 37.3 Å². The van der Waals surface area contributed by atoms with Gasteiger partial charge in [0.15, 0.2) is 0 Å². The van der Waals surface area contributed by atoms with Crippen LogP contribution in [0.5, 0.6) is 0 Å². The SMILES string of the molecule is Cc1cc(CC#N)ccc1-c1cc(Cl)cc(Cl)c1. The maximum absolute atomic E-state index is 8.68. The van der Waals surface area contributed by atoms with E-state index in [0.29, 0.717) is 16.5 Å². The number of nitriles is 1. The second kappa shape index (κ2) is 5.44. The van der Waals surface area contributed by atoms with Gasteiger partial charge in [0.25, 0.3) is 0 Å². The van der Waals surface area contributed by atoms with Crippen LogP contribution in [0.15, 0.2) is 36.4 Å². The summed E-state index contributed by atoms with van der Waals surface area (Å²) in [7, 11) is 0. The molecule has 2 aromatic rings. The summed E-state index contributed by atoms with van der Waals surface area (Å²) in [6, 6.07) is 13.6. The number of benzene rings is 2. The summed E-state index contributed by atoms with van der Waals surface area (Å²) in [5, 5.41) is 9.93. The average molecular weight is 276 g/mol. The molecule has 1 nitrogen and oxygen atoms in total. The zero-order chi connectivity index (χ0) is 13.1. The molecule has 0 N–H and O–H groups in total. The van der Waals surface area contributed by atoms with E-state index < -0.39 is 0 Å². The molecule has 0 radical (unpaired) electrons. The van der Waals surface area contributed by atoms with Gasteiger partial charge in [0.1, 0.15) is 0 Å². The Morgan fingerprint density at radius 3 is 2.28 bits per heavy atom. The van der Waals surface area contributed by atoms with Crippen LogP contribution in [0.3, 0.4) is 0 Å². The van der Waals surface area contributed by atoms with Crippen molar-refractivity contribution in [2.75, 3.05) is 0 Å². The molecule has 90 valence electrons. The molecule has 0 aliphatic carbocycles. The highest BCUT2D eigenvalue weighted by atomic mass is 35.5. The Morgan fingerprint density at radius 2 is 1.72 bits per heavy atom. The maximum atomic E-state index is 8.68.